The maximum Gasteiger partial charge on any atom is 0.0546 e. The highest BCUT2D eigenvalue weighted by Crippen LogP contribution is 2.57. The molecule has 0 spiro atoms. The van der Waals surface area contributed by atoms with Gasteiger partial charge in [-0.05, 0) is 125 Å². The lowest BCUT2D eigenvalue weighted by Crippen LogP contribution is -2.44. The molecule has 3 aliphatic carbocycles. The molecule has 3 aliphatic rings. The fourth-order valence-corrected chi connectivity index (χ4v) is 7.41. The summed E-state index contributed by atoms with van der Waals surface area (Å²) in [4.78, 5) is 2.40. The fourth-order valence-electron chi connectivity index (χ4n) is 6.88. The van der Waals surface area contributed by atoms with Gasteiger partial charge in [0.15, 0.2) is 0 Å². The molecule has 0 atom stereocenters. The molecule has 0 radical (unpaired) electrons. The molecule has 0 aromatic heterocycles. The number of hydrogen-bond donors (Lipinski definition) is 0. The molecular formula is C36H31Br2N. The zero-order valence-corrected chi connectivity index (χ0v) is 25.5. The maximum atomic E-state index is 3.64. The number of fused-ring (bicyclic) bond motifs is 3. The van der Waals surface area contributed by atoms with Crippen LogP contribution in [0.2, 0.25) is 0 Å². The summed E-state index contributed by atoms with van der Waals surface area (Å²) in [5.41, 5.74) is 9.75. The Morgan fingerprint density at radius 2 is 1.08 bits per heavy atom. The number of halogens is 2. The van der Waals surface area contributed by atoms with E-state index in [0.29, 0.717) is 5.41 Å². The van der Waals surface area contributed by atoms with Crippen molar-refractivity contribution in [3.05, 3.63) is 123 Å². The molecule has 0 saturated heterocycles. The van der Waals surface area contributed by atoms with Crippen LogP contribution in [0, 0.1) is 0 Å². The topological polar surface area (TPSA) is 3.24 Å². The fraction of sp³-hybridized carbons (Fsp3) is 0.222. The van der Waals surface area contributed by atoms with Gasteiger partial charge in [-0.15, -0.1) is 0 Å². The van der Waals surface area contributed by atoms with Gasteiger partial charge >= 0.3 is 0 Å². The summed E-state index contributed by atoms with van der Waals surface area (Å²) in [5, 5.41) is 2.51. The molecule has 194 valence electrons. The minimum atomic E-state index is 0.275. The van der Waals surface area contributed by atoms with Crippen LogP contribution in [0.1, 0.15) is 50.7 Å². The Kier molecular flexibility index (Phi) is 6.02. The van der Waals surface area contributed by atoms with Crippen molar-refractivity contribution in [1.29, 1.82) is 0 Å². The van der Waals surface area contributed by atoms with Gasteiger partial charge in [0.05, 0.1) is 5.69 Å². The minimum Gasteiger partial charge on any atom is -0.310 e. The number of rotatable bonds is 4. The first-order valence-electron chi connectivity index (χ1n) is 13.8. The Morgan fingerprint density at radius 1 is 0.564 bits per heavy atom. The average Bonchev–Trinajstić information content (AvgIpc) is 2.96. The molecule has 2 bridgehead atoms. The molecule has 0 unspecified atom stereocenters. The van der Waals surface area contributed by atoms with Crippen LogP contribution in [0.3, 0.4) is 0 Å². The van der Waals surface area contributed by atoms with E-state index in [1.807, 2.05) is 0 Å². The smallest absolute Gasteiger partial charge is 0.0546 e. The first-order valence-corrected chi connectivity index (χ1v) is 15.4. The SMILES string of the molecule is CC12CCC(C)(CC1)c1cc(-c3cc4ccccc4cc3N(c3ccc(Br)cc3)c3ccc(Br)cc3)ccc12. The van der Waals surface area contributed by atoms with Crippen LogP contribution in [0.5, 0.6) is 0 Å². The number of hydrogen-bond acceptors (Lipinski definition) is 1. The van der Waals surface area contributed by atoms with Crippen molar-refractivity contribution in [1.82, 2.24) is 0 Å². The number of anilines is 3. The molecule has 1 nitrogen and oxygen atoms in total. The molecule has 0 N–H and O–H groups in total. The third-order valence-electron chi connectivity index (χ3n) is 9.36. The van der Waals surface area contributed by atoms with Crippen molar-refractivity contribution in [3.8, 4) is 11.1 Å². The summed E-state index contributed by atoms with van der Waals surface area (Å²) in [6.07, 6.45) is 5.18. The van der Waals surface area contributed by atoms with E-state index in [9.17, 15) is 0 Å². The van der Waals surface area contributed by atoms with Gasteiger partial charge in [-0.25, -0.2) is 0 Å². The van der Waals surface area contributed by atoms with Gasteiger partial charge in [0, 0.05) is 25.9 Å². The first kappa shape index (κ1) is 25.1. The molecule has 5 aromatic rings. The Balaban J connectivity index is 1.49. The van der Waals surface area contributed by atoms with Crippen molar-refractivity contribution in [2.45, 2.75) is 50.4 Å². The summed E-state index contributed by atoms with van der Waals surface area (Å²) in [6, 6.07) is 38.1. The Morgan fingerprint density at radius 3 is 1.64 bits per heavy atom. The summed E-state index contributed by atoms with van der Waals surface area (Å²) in [5.74, 6) is 0. The Labute approximate surface area is 248 Å². The van der Waals surface area contributed by atoms with Crippen LogP contribution in [-0.2, 0) is 10.8 Å². The standard InChI is InChI=1S/C36H31Br2N/c1-35-17-19-36(2,20-18-35)33-22-26(7-16-32(33)35)31-21-24-5-3-4-6-25(24)23-34(31)39(29-12-8-27(37)9-13-29)30-14-10-28(38)11-15-30/h3-16,21-23H,17-20H2,1-2H3. The van der Waals surface area contributed by atoms with Crippen molar-refractivity contribution >= 4 is 59.7 Å². The van der Waals surface area contributed by atoms with Crippen LogP contribution >= 0.6 is 31.9 Å². The minimum absolute atomic E-state index is 0.275. The van der Waals surface area contributed by atoms with Gasteiger partial charge in [-0.3, -0.25) is 0 Å². The van der Waals surface area contributed by atoms with Crippen LogP contribution in [0.25, 0.3) is 21.9 Å². The molecular weight excluding hydrogens is 606 g/mol. The van der Waals surface area contributed by atoms with Crippen LogP contribution < -0.4 is 4.90 Å². The van der Waals surface area contributed by atoms with Crippen LogP contribution in [0.15, 0.2) is 112 Å². The van der Waals surface area contributed by atoms with Gasteiger partial charge < -0.3 is 4.90 Å². The van der Waals surface area contributed by atoms with E-state index in [-0.39, 0.29) is 5.41 Å². The zero-order chi connectivity index (χ0) is 26.8. The summed E-state index contributed by atoms with van der Waals surface area (Å²) in [6.45, 7) is 4.97. The van der Waals surface area contributed by atoms with E-state index in [4.69, 9.17) is 0 Å². The molecule has 3 heteroatoms. The molecule has 1 saturated carbocycles. The van der Waals surface area contributed by atoms with E-state index in [1.165, 1.54) is 53.3 Å². The van der Waals surface area contributed by atoms with Gasteiger partial charge in [-0.1, -0.05) is 88.2 Å². The number of nitrogens with zero attached hydrogens (tertiary/aromatic N) is 1. The van der Waals surface area contributed by atoms with Crippen molar-refractivity contribution in [2.75, 3.05) is 4.90 Å². The molecule has 0 aliphatic heterocycles. The van der Waals surface area contributed by atoms with Crippen molar-refractivity contribution < 1.29 is 0 Å². The van der Waals surface area contributed by atoms with E-state index in [2.05, 4.69) is 154 Å². The second-order valence-corrected chi connectivity index (χ2v) is 13.7. The van der Waals surface area contributed by atoms with E-state index >= 15 is 0 Å². The summed E-state index contributed by atoms with van der Waals surface area (Å²) >= 11 is 7.27. The van der Waals surface area contributed by atoms with Crippen molar-refractivity contribution in [2.24, 2.45) is 0 Å². The molecule has 8 rings (SSSR count). The lowest BCUT2D eigenvalue weighted by molar-refractivity contribution is 0.188. The highest BCUT2D eigenvalue weighted by molar-refractivity contribution is 9.10. The number of benzene rings is 5. The molecule has 1 fully saturated rings. The van der Waals surface area contributed by atoms with Gasteiger partial charge in [0.2, 0.25) is 0 Å². The highest BCUT2D eigenvalue weighted by Gasteiger charge is 2.47. The van der Waals surface area contributed by atoms with E-state index in [1.54, 1.807) is 11.1 Å². The average molecular weight is 637 g/mol. The quantitative estimate of drug-likeness (QED) is 0.190. The predicted molar refractivity (Wildman–Crippen MR) is 173 cm³/mol. The lowest BCUT2D eigenvalue weighted by Gasteiger charge is -2.52. The second kappa shape index (κ2) is 9.35. The second-order valence-electron chi connectivity index (χ2n) is 11.9. The third kappa shape index (κ3) is 4.26. The molecule has 5 aromatic carbocycles. The van der Waals surface area contributed by atoms with Gasteiger partial charge in [-0.2, -0.15) is 0 Å². The Bertz CT molecular complexity index is 1650. The molecule has 0 heterocycles. The predicted octanol–water partition coefficient (Wildman–Crippen LogP) is 11.6. The van der Waals surface area contributed by atoms with Crippen LogP contribution in [0.4, 0.5) is 17.1 Å². The van der Waals surface area contributed by atoms with Gasteiger partial charge in [0.25, 0.3) is 0 Å². The maximum absolute atomic E-state index is 3.64. The molecule has 39 heavy (non-hydrogen) atoms. The lowest BCUT2D eigenvalue weighted by atomic mass is 9.52. The summed E-state index contributed by atoms with van der Waals surface area (Å²) < 4.78 is 2.15. The van der Waals surface area contributed by atoms with Crippen molar-refractivity contribution in [3.63, 3.8) is 0 Å². The van der Waals surface area contributed by atoms with Crippen LogP contribution in [-0.4, -0.2) is 0 Å². The Hall–Kier alpha value is -2.88. The van der Waals surface area contributed by atoms with E-state index in [0.717, 1.165) is 20.3 Å². The normalized spacial score (nSPS) is 21.6. The monoisotopic (exact) mass is 635 g/mol. The van der Waals surface area contributed by atoms with Gasteiger partial charge in [0.1, 0.15) is 0 Å². The largest absolute Gasteiger partial charge is 0.310 e. The summed E-state index contributed by atoms with van der Waals surface area (Å²) in [7, 11) is 0. The zero-order valence-electron chi connectivity index (χ0n) is 22.3. The van der Waals surface area contributed by atoms with E-state index < -0.39 is 0 Å². The first-order chi connectivity index (χ1) is 18.8. The third-order valence-corrected chi connectivity index (χ3v) is 10.4. The highest BCUT2D eigenvalue weighted by atomic mass is 79.9. The molecule has 0 amide bonds.